The standard InChI is InChI=1S/C25H31ClN2O3/c26-22-2-1-17(7-16-3-5-28(6-4-16)24(30)31)11-21(22)23(29)27-15-25-12-18-8-19(13-25)10-20(9-18)14-25/h1-2,7,11,18-20H,3-6,8-10,12-15H2,(H,27,29)(H,30,31). The number of piperidine rings is 1. The molecule has 1 heterocycles. The van der Waals surface area contributed by atoms with E-state index in [9.17, 15) is 9.59 Å². The molecule has 5 aliphatic rings. The van der Waals surface area contributed by atoms with Crippen LogP contribution in [-0.4, -0.2) is 41.6 Å². The number of amides is 2. The molecule has 1 saturated heterocycles. The van der Waals surface area contributed by atoms with Crippen LogP contribution in [0.4, 0.5) is 4.79 Å². The van der Waals surface area contributed by atoms with Crippen LogP contribution in [0.3, 0.4) is 0 Å². The van der Waals surface area contributed by atoms with Crippen LogP contribution in [0.1, 0.15) is 67.3 Å². The summed E-state index contributed by atoms with van der Waals surface area (Å²) in [5, 5.41) is 12.8. The monoisotopic (exact) mass is 442 g/mol. The Balaban J connectivity index is 1.25. The zero-order chi connectivity index (χ0) is 21.6. The van der Waals surface area contributed by atoms with Gasteiger partial charge in [0, 0.05) is 19.6 Å². The molecule has 6 heteroatoms. The van der Waals surface area contributed by atoms with E-state index in [0.29, 0.717) is 29.1 Å². The summed E-state index contributed by atoms with van der Waals surface area (Å²) in [5.74, 6) is 2.53. The number of benzene rings is 1. The Kier molecular flexibility index (Phi) is 5.49. The number of likely N-dealkylation sites (tertiary alicyclic amines) is 1. The Morgan fingerprint density at radius 3 is 2.29 bits per heavy atom. The number of carbonyl (C=O) groups is 2. The van der Waals surface area contributed by atoms with Crippen LogP contribution < -0.4 is 5.32 Å². The van der Waals surface area contributed by atoms with Crippen molar-refractivity contribution in [2.75, 3.05) is 19.6 Å². The summed E-state index contributed by atoms with van der Waals surface area (Å²) < 4.78 is 0. The van der Waals surface area contributed by atoms with Gasteiger partial charge < -0.3 is 15.3 Å². The maximum Gasteiger partial charge on any atom is 0.407 e. The van der Waals surface area contributed by atoms with Crippen LogP contribution in [-0.2, 0) is 0 Å². The smallest absolute Gasteiger partial charge is 0.407 e. The molecule has 1 aromatic rings. The van der Waals surface area contributed by atoms with Crippen LogP contribution in [0.5, 0.6) is 0 Å². The molecular weight excluding hydrogens is 412 g/mol. The third-order valence-corrected chi connectivity index (χ3v) is 8.40. The third-order valence-electron chi connectivity index (χ3n) is 8.07. The zero-order valence-corrected chi connectivity index (χ0v) is 18.7. The van der Waals surface area contributed by atoms with Crippen LogP contribution in [0.2, 0.25) is 5.02 Å². The molecule has 4 saturated carbocycles. The van der Waals surface area contributed by atoms with Crippen molar-refractivity contribution in [1.82, 2.24) is 10.2 Å². The van der Waals surface area contributed by atoms with Crippen LogP contribution >= 0.6 is 11.6 Å². The van der Waals surface area contributed by atoms with Gasteiger partial charge in [-0.25, -0.2) is 4.79 Å². The number of nitrogens with one attached hydrogen (secondary N) is 1. The average Bonchev–Trinajstić information content (AvgIpc) is 2.73. The van der Waals surface area contributed by atoms with Crippen LogP contribution in [0.25, 0.3) is 6.08 Å². The van der Waals surface area contributed by atoms with Crippen molar-refractivity contribution in [2.45, 2.75) is 51.4 Å². The lowest BCUT2D eigenvalue weighted by Gasteiger charge is -2.56. The van der Waals surface area contributed by atoms with Gasteiger partial charge in [-0.05, 0) is 92.2 Å². The normalized spacial score (nSPS) is 31.6. The van der Waals surface area contributed by atoms with Crippen molar-refractivity contribution >= 4 is 29.7 Å². The number of carboxylic acid groups (broad SMARTS) is 1. The number of nitrogens with zero attached hydrogens (tertiary/aromatic N) is 1. The minimum Gasteiger partial charge on any atom is -0.465 e. The Hall–Kier alpha value is -2.01. The van der Waals surface area contributed by atoms with E-state index < -0.39 is 6.09 Å². The summed E-state index contributed by atoms with van der Waals surface area (Å²) in [4.78, 5) is 25.6. The first kappa shape index (κ1) is 20.9. The lowest BCUT2D eigenvalue weighted by Crippen LogP contribution is -2.51. The van der Waals surface area contributed by atoms with Gasteiger partial charge >= 0.3 is 6.09 Å². The van der Waals surface area contributed by atoms with E-state index in [4.69, 9.17) is 16.7 Å². The first-order valence-electron chi connectivity index (χ1n) is 11.6. The van der Waals surface area contributed by atoms with Crippen molar-refractivity contribution in [3.05, 3.63) is 39.9 Å². The fourth-order valence-electron chi connectivity index (χ4n) is 7.04. The SMILES string of the molecule is O=C(NCC12CC3CC(CC(C3)C1)C2)c1cc(C=C2CCN(C(=O)O)CC2)ccc1Cl. The van der Waals surface area contributed by atoms with Gasteiger partial charge in [-0.3, -0.25) is 4.79 Å². The average molecular weight is 443 g/mol. The number of carbonyl (C=O) groups excluding carboxylic acids is 1. The lowest BCUT2D eigenvalue weighted by molar-refractivity contribution is -0.0503. The summed E-state index contributed by atoms with van der Waals surface area (Å²) >= 11 is 6.39. The van der Waals surface area contributed by atoms with E-state index >= 15 is 0 Å². The van der Waals surface area contributed by atoms with Gasteiger partial charge in [0.05, 0.1) is 10.6 Å². The molecule has 166 valence electrons. The summed E-state index contributed by atoms with van der Waals surface area (Å²) in [6, 6.07) is 5.59. The molecular formula is C25H31ClN2O3. The van der Waals surface area contributed by atoms with Crippen molar-refractivity contribution < 1.29 is 14.7 Å². The van der Waals surface area contributed by atoms with E-state index in [2.05, 4.69) is 11.4 Å². The molecule has 5 nitrogen and oxygen atoms in total. The molecule has 0 unspecified atom stereocenters. The van der Waals surface area contributed by atoms with E-state index in [1.54, 1.807) is 6.07 Å². The molecule has 0 atom stereocenters. The number of halogens is 1. The van der Waals surface area contributed by atoms with Crippen LogP contribution in [0, 0.1) is 23.2 Å². The highest BCUT2D eigenvalue weighted by Gasteiger charge is 2.50. The first-order chi connectivity index (χ1) is 14.9. The molecule has 5 fully saturated rings. The molecule has 1 aromatic carbocycles. The highest BCUT2D eigenvalue weighted by molar-refractivity contribution is 6.33. The van der Waals surface area contributed by atoms with E-state index in [0.717, 1.165) is 42.7 Å². The maximum absolute atomic E-state index is 13.0. The maximum atomic E-state index is 13.0. The molecule has 0 spiro atoms. The quantitative estimate of drug-likeness (QED) is 0.651. The van der Waals surface area contributed by atoms with Gasteiger partial charge in [0.25, 0.3) is 5.91 Å². The summed E-state index contributed by atoms with van der Waals surface area (Å²) in [5.41, 5.74) is 2.99. The Morgan fingerprint density at radius 2 is 1.71 bits per heavy atom. The highest BCUT2D eigenvalue weighted by atomic mass is 35.5. The minimum absolute atomic E-state index is 0.0818. The predicted molar refractivity (Wildman–Crippen MR) is 121 cm³/mol. The topological polar surface area (TPSA) is 69.6 Å². The first-order valence-corrected chi connectivity index (χ1v) is 12.0. The zero-order valence-electron chi connectivity index (χ0n) is 17.9. The van der Waals surface area contributed by atoms with Gasteiger partial charge in [0.2, 0.25) is 0 Å². The van der Waals surface area contributed by atoms with Crippen molar-refractivity contribution in [1.29, 1.82) is 0 Å². The second kappa shape index (κ2) is 8.16. The fourth-order valence-corrected chi connectivity index (χ4v) is 7.24. The summed E-state index contributed by atoms with van der Waals surface area (Å²) in [6.07, 6.45) is 10.7. The third kappa shape index (κ3) is 4.34. The predicted octanol–water partition coefficient (Wildman–Crippen LogP) is 5.44. The van der Waals surface area contributed by atoms with Gasteiger partial charge in [0.1, 0.15) is 0 Å². The van der Waals surface area contributed by atoms with Crippen molar-refractivity contribution in [3.8, 4) is 0 Å². The van der Waals surface area contributed by atoms with E-state index in [1.807, 2.05) is 12.1 Å². The van der Waals surface area contributed by atoms with Gasteiger partial charge in [0.15, 0.2) is 0 Å². The van der Waals surface area contributed by atoms with E-state index in [-0.39, 0.29) is 5.91 Å². The Labute approximate surface area is 188 Å². The number of hydrogen-bond donors (Lipinski definition) is 2. The molecule has 1 aliphatic heterocycles. The molecule has 4 bridgehead atoms. The van der Waals surface area contributed by atoms with E-state index in [1.165, 1.54) is 49.0 Å². The lowest BCUT2D eigenvalue weighted by atomic mass is 9.49. The van der Waals surface area contributed by atoms with Crippen molar-refractivity contribution in [2.24, 2.45) is 23.2 Å². The molecule has 0 aromatic heterocycles. The molecule has 4 aliphatic carbocycles. The molecule has 2 N–H and O–H groups in total. The molecule has 0 radical (unpaired) electrons. The van der Waals surface area contributed by atoms with Crippen LogP contribution in [0.15, 0.2) is 23.8 Å². The fraction of sp³-hybridized carbons (Fsp3) is 0.600. The van der Waals surface area contributed by atoms with Gasteiger partial charge in [-0.2, -0.15) is 0 Å². The van der Waals surface area contributed by atoms with Gasteiger partial charge in [-0.15, -0.1) is 0 Å². The molecule has 2 amide bonds. The number of rotatable bonds is 4. The Bertz CT molecular complexity index is 880. The minimum atomic E-state index is -0.858. The molecule has 6 rings (SSSR count). The van der Waals surface area contributed by atoms with Crippen molar-refractivity contribution in [3.63, 3.8) is 0 Å². The largest absolute Gasteiger partial charge is 0.465 e. The number of hydrogen-bond acceptors (Lipinski definition) is 2. The Morgan fingerprint density at radius 1 is 1.10 bits per heavy atom. The van der Waals surface area contributed by atoms with Gasteiger partial charge in [-0.1, -0.05) is 29.3 Å². The summed E-state index contributed by atoms with van der Waals surface area (Å²) in [6.45, 7) is 1.81. The molecule has 31 heavy (non-hydrogen) atoms. The second-order valence-electron chi connectivity index (χ2n) is 10.4. The highest BCUT2D eigenvalue weighted by Crippen LogP contribution is 2.59. The second-order valence-corrected chi connectivity index (χ2v) is 10.8. The summed E-state index contributed by atoms with van der Waals surface area (Å²) in [7, 11) is 0.